The molecule has 3 rings (SSSR count). The van der Waals surface area contributed by atoms with E-state index in [0.29, 0.717) is 11.3 Å². The van der Waals surface area contributed by atoms with Crippen molar-refractivity contribution in [1.29, 1.82) is 0 Å². The number of carbonyl (C=O) groups is 2. The molecule has 0 bridgehead atoms. The maximum Gasteiger partial charge on any atom is 0.286 e. The van der Waals surface area contributed by atoms with Crippen LogP contribution in [0.4, 0.5) is 0 Å². The first-order chi connectivity index (χ1) is 11.6. The number of hydrogen-bond acceptors (Lipinski definition) is 3. The summed E-state index contributed by atoms with van der Waals surface area (Å²) < 4.78 is 2.82. The molecule has 0 saturated heterocycles. The van der Waals surface area contributed by atoms with Crippen molar-refractivity contribution in [2.24, 2.45) is 0 Å². The molecule has 0 atom stereocenters. The number of nitrogens with zero attached hydrogens (tertiary/aromatic N) is 2. The van der Waals surface area contributed by atoms with E-state index in [9.17, 15) is 9.59 Å². The summed E-state index contributed by atoms with van der Waals surface area (Å²) in [5, 5.41) is 0. The fraction of sp³-hybridized carbons (Fsp3) is 0. The number of amides is 2. The van der Waals surface area contributed by atoms with Crippen LogP contribution in [-0.4, -0.2) is 21.4 Å². The predicted octanol–water partition coefficient (Wildman–Crippen LogP) is 2.55. The van der Waals surface area contributed by atoms with Crippen LogP contribution in [-0.2, 0) is 0 Å². The zero-order chi connectivity index (χ0) is 16.9. The number of aromatic nitrogens is 2. The Hall–Kier alpha value is -2.68. The van der Waals surface area contributed by atoms with Crippen LogP contribution in [0.25, 0.3) is 5.69 Å². The molecule has 0 aliphatic rings. The number of carbonyl (C=O) groups excluding carboxylic acids is 2. The Balaban J connectivity index is 1.73. The number of hydrazine groups is 1. The van der Waals surface area contributed by atoms with E-state index in [0.717, 1.165) is 9.26 Å². The molecule has 2 amide bonds. The second-order valence-electron chi connectivity index (χ2n) is 4.89. The predicted molar refractivity (Wildman–Crippen MR) is 97.7 cm³/mol. The van der Waals surface area contributed by atoms with E-state index in [1.165, 1.54) is 6.20 Å². The third-order valence-corrected chi connectivity index (χ3v) is 3.95. The average molecular weight is 432 g/mol. The Kier molecular flexibility index (Phi) is 4.90. The Labute approximate surface area is 152 Å². The summed E-state index contributed by atoms with van der Waals surface area (Å²) in [7, 11) is 0. The Morgan fingerprint density at radius 1 is 1.00 bits per heavy atom. The molecule has 0 fully saturated rings. The van der Waals surface area contributed by atoms with E-state index in [2.05, 4.69) is 38.4 Å². The van der Waals surface area contributed by atoms with Gasteiger partial charge in [-0.2, -0.15) is 0 Å². The smallest absolute Gasteiger partial charge is 0.286 e. The van der Waals surface area contributed by atoms with E-state index in [4.69, 9.17) is 0 Å². The second kappa shape index (κ2) is 7.26. The summed E-state index contributed by atoms with van der Waals surface area (Å²) in [6, 6.07) is 14.5. The van der Waals surface area contributed by atoms with Gasteiger partial charge in [0.1, 0.15) is 5.69 Å². The first-order valence-corrected chi connectivity index (χ1v) is 8.17. The monoisotopic (exact) mass is 432 g/mol. The Bertz CT molecular complexity index is 877. The molecule has 2 aromatic heterocycles. The summed E-state index contributed by atoms with van der Waals surface area (Å²) in [5.41, 5.74) is 6.46. The third kappa shape index (κ3) is 3.62. The van der Waals surface area contributed by atoms with Crippen molar-refractivity contribution in [2.45, 2.75) is 0 Å². The molecule has 2 N–H and O–H groups in total. The van der Waals surface area contributed by atoms with Crippen LogP contribution in [0.5, 0.6) is 0 Å². The van der Waals surface area contributed by atoms with Gasteiger partial charge < -0.3 is 4.57 Å². The van der Waals surface area contributed by atoms with Gasteiger partial charge in [-0.3, -0.25) is 25.4 Å². The van der Waals surface area contributed by atoms with Gasteiger partial charge in [-0.1, -0.05) is 6.07 Å². The van der Waals surface area contributed by atoms with Crippen LogP contribution in [0.1, 0.15) is 20.8 Å². The summed E-state index contributed by atoms with van der Waals surface area (Å²) in [6.45, 7) is 0. The zero-order valence-electron chi connectivity index (χ0n) is 12.4. The molecule has 6 nitrogen and oxygen atoms in total. The van der Waals surface area contributed by atoms with Crippen molar-refractivity contribution < 1.29 is 9.59 Å². The molecule has 2 heterocycles. The molecular formula is C17H13IN4O2. The van der Waals surface area contributed by atoms with Crippen molar-refractivity contribution >= 4 is 34.4 Å². The van der Waals surface area contributed by atoms with Crippen LogP contribution in [0.15, 0.2) is 67.1 Å². The number of rotatable bonds is 3. The molecule has 0 aliphatic heterocycles. The van der Waals surface area contributed by atoms with Gasteiger partial charge in [-0.05, 0) is 65.1 Å². The first kappa shape index (κ1) is 16.2. The van der Waals surface area contributed by atoms with Crippen LogP contribution in [0.2, 0.25) is 0 Å². The summed E-state index contributed by atoms with van der Waals surface area (Å²) in [6.07, 6.45) is 4.79. The minimum absolute atomic E-state index is 0.366. The zero-order valence-corrected chi connectivity index (χ0v) is 14.6. The highest BCUT2D eigenvalue weighted by Crippen LogP contribution is 2.15. The molecule has 1 aromatic carbocycles. The van der Waals surface area contributed by atoms with E-state index in [1.54, 1.807) is 41.2 Å². The van der Waals surface area contributed by atoms with E-state index in [-0.39, 0.29) is 0 Å². The minimum atomic E-state index is -0.427. The van der Waals surface area contributed by atoms with Gasteiger partial charge in [0.25, 0.3) is 11.8 Å². The Morgan fingerprint density at radius 3 is 2.58 bits per heavy atom. The van der Waals surface area contributed by atoms with Crippen LogP contribution < -0.4 is 10.9 Å². The molecular weight excluding hydrogens is 419 g/mol. The second-order valence-corrected chi connectivity index (χ2v) is 6.14. The number of halogens is 1. The first-order valence-electron chi connectivity index (χ1n) is 7.09. The summed E-state index contributed by atoms with van der Waals surface area (Å²) >= 11 is 2.21. The maximum absolute atomic E-state index is 12.4. The highest BCUT2D eigenvalue weighted by molar-refractivity contribution is 14.1. The fourth-order valence-corrected chi connectivity index (χ4v) is 2.69. The van der Waals surface area contributed by atoms with Crippen molar-refractivity contribution in [3.8, 4) is 5.69 Å². The van der Waals surface area contributed by atoms with Crippen LogP contribution >= 0.6 is 22.6 Å². The van der Waals surface area contributed by atoms with Gasteiger partial charge in [0.05, 0.1) is 5.56 Å². The van der Waals surface area contributed by atoms with E-state index in [1.807, 2.05) is 24.3 Å². The quantitative estimate of drug-likeness (QED) is 0.494. The minimum Gasteiger partial charge on any atom is -0.312 e. The van der Waals surface area contributed by atoms with Crippen molar-refractivity contribution in [3.05, 3.63) is 81.9 Å². The van der Waals surface area contributed by atoms with Gasteiger partial charge in [0.2, 0.25) is 0 Å². The molecule has 7 heteroatoms. The number of nitrogens with one attached hydrogen (secondary N) is 2. The van der Waals surface area contributed by atoms with Crippen LogP contribution in [0.3, 0.4) is 0 Å². The molecule has 0 spiro atoms. The fourth-order valence-electron chi connectivity index (χ4n) is 2.16. The molecule has 120 valence electrons. The number of pyridine rings is 1. The maximum atomic E-state index is 12.4. The van der Waals surface area contributed by atoms with E-state index < -0.39 is 11.8 Å². The lowest BCUT2D eigenvalue weighted by Gasteiger charge is -2.11. The third-order valence-electron chi connectivity index (χ3n) is 3.28. The highest BCUT2D eigenvalue weighted by Gasteiger charge is 2.13. The van der Waals surface area contributed by atoms with Crippen molar-refractivity contribution in [2.75, 3.05) is 0 Å². The lowest BCUT2D eigenvalue weighted by molar-refractivity contribution is 0.0842. The molecule has 0 aliphatic carbocycles. The SMILES string of the molecule is O=C(NNC(=O)c1cccn1-c1cccc(I)c1)c1cccnc1. The normalized spacial score (nSPS) is 10.2. The van der Waals surface area contributed by atoms with Crippen molar-refractivity contribution in [3.63, 3.8) is 0 Å². The Morgan fingerprint density at radius 2 is 1.83 bits per heavy atom. The summed E-state index contributed by atoms with van der Waals surface area (Å²) in [4.78, 5) is 28.2. The lowest BCUT2D eigenvalue weighted by atomic mass is 10.3. The van der Waals surface area contributed by atoms with Gasteiger partial charge in [0.15, 0.2) is 0 Å². The molecule has 3 aromatic rings. The molecule has 24 heavy (non-hydrogen) atoms. The van der Waals surface area contributed by atoms with Gasteiger partial charge >= 0.3 is 0 Å². The standard InChI is InChI=1S/C17H13IN4O2/c18-13-5-1-6-14(10-13)22-9-3-7-15(22)17(24)21-20-16(23)12-4-2-8-19-11-12/h1-11H,(H,20,23)(H,21,24). The molecule has 0 unspecified atom stereocenters. The average Bonchev–Trinajstić information content (AvgIpc) is 3.10. The van der Waals surface area contributed by atoms with Crippen molar-refractivity contribution in [1.82, 2.24) is 20.4 Å². The largest absolute Gasteiger partial charge is 0.312 e. The van der Waals surface area contributed by atoms with Gasteiger partial charge in [0, 0.05) is 27.8 Å². The highest BCUT2D eigenvalue weighted by atomic mass is 127. The van der Waals surface area contributed by atoms with E-state index >= 15 is 0 Å². The van der Waals surface area contributed by atoms with Gasteiger partial charge in [-0.25, -0.2) is 0 Å². The lowest BCUT2D eigenvalue weighted by Crippen LogP contribution is -2.42. The summed E-state index contributed by atoms with van der Waals surface area (Å²) in [5.74, 6) is -0.833. The topological polar surface area (TPSA) is 76.0 Å². The number of hydrogen-bond donors (Lipinski definition) is 2. The van der Waals surface area contributed by atoms with Gasteiger partial charge in [-0.15, -0.1) is 0 Å². The number of benzene rings is 1. The van der Waals surface area contributed by atoms with Crippen LogP contribution in [0, 0.1) is 3.57 Å². The molecule has 0 saturated carbocycles. The molecule has 0 radical (unpaired) electrons.